The van der Waals surface area contributed by atoms with E-state index in [1.165, 1.54) is 4.88 Å². The molecule has 1 N–H and O–H groups in total. The van der Waals surface area contributed by atoms with Crippen LogP contribution in [0, 0.1) is 11.3 Å². The maximum atomic E-state index is 13.4. The van der Waals surface area contributed by atoms with Crippen molar-refractivity contribution in [1.82, 2.24) is 0 Å². The minimum atomic E-state index is -0.0997. The average molecular weight is 477 g/mol. The lowest BCUT2D eigenvalue weighted by Gasteiger charge is -2.33. The Morgan fingerprint density at radius 3 is 2.50 bits per heavy atom. The van der Waals surface area contributed by atoms with Crippen molar-refractivity contribution in [2.45, 2.75) is 40.0 Å². The Morgan fingerprint density at radius 2 is 1.82 bits per heavy atom. The molecule has 1 unspecified atom stereocenters. The summed E-state index contributed by atoms with van der Waals surface area (Å²) >= 11 is 1.64. The van der Waals surface area contributed by atoms with E-state index in [4.69, 9.17) is 14.5 Å². The zero-order valence-electron chi connectivity index (χ0n) is 20.5. The predicted octanol–water partition coefficient (Wildman–Crippen LogP) is 6.92. The fourth-order valence-corrected chi connectivity index (χ4v) is 5.69. The predicted molar refractivity (Wildman–Crippen MR) is 140 cm³/mol. The van der Waals surface area contributed by atoms with Crippen LogP contribution >= 0.6 is 11.3 Å². The van der Waals surface area contributed by atoms with Crippen molar-refractivity contribution in [3.05, 3.63) is 70.1 Å². The maximum Gasteiger partial charge on any atom is 0.259 e. The molecule has 0 spiro atoms. The number of fused-ring (bicyclic) bond motifs is 1. The lowest BCUT2D eigenvalue weighted by molar-refractivity contribution is 0.102. The van der Waals surface area contributed by atoms with Gasteiger partial charge in [0.2, 0.25) is 0 Å². The number of carbonyl (C=O) groups excluding carboxylic acids is 1. The fraction of sp³-hybridized carbons (Fsp3) is 0.357. The van der Waals surface area contributed by atoms with Crippen LogP contribution in [0.4, 0.5) is 10.7 Å². The van der Waals surface area contributed by atoms with E-state index < -0.39 is 0 Å². The van der Waals surface area contributed by atoms with Crippen molar-refractivity contribution < 1.29 is 14.3 Å². The lowest BCUT2D eigenvalue weighted by Crippen LogP contribution is -2.27. The molecule has 0 fully saturated rings. The summed E-state index contributed by atoms with van der Waals surface area (Å²) in [6, 6.07) is 15.3. The number of nitrogens with one attached hydrogen (secondary N) is 1. The molecule has 178 valence electrons. The molecule has 0 saturated heterocycles. The molecule has 3 aromatic rings. The summed E-state index contributed by atoms with van der Waals surface area (Å²) in [4.78, 5) is 19.5. The van der Waals surface area contributed by atoms with Gasteiger partial charge in [0.1, 0.15) is 5.00 Å². The average Bonchev–Trinajstić information content (AvgIpc) is 3.20. The largest absolute Gasteiger partial charge is 0.493 e. The number of benzene rings is 2. The molecule has 5 nitrogen and oxygen atoms in total. The van der Waals surface area contributed by atoms with Crippen LogP contribution in [0.1, 0.15) is 53.6 Å². The molecular formula is C28H32N2O3S. The van der Waals surface area contributed by atoms with Crippen molar-refractivity contribution in [2.24, 2.45) is 16.3 Å². The summed E-state index contributed by atoms with van der Waals surface area (Å²) in [5, 5.41) is 3.82. The third kappa shape index (κ3) is 5.17. The topological polar surface area (TPSA) is 59.9 Å². The second-order valence-electron chi connectivity index (χ2n) is 9.68. The molecular weight excluding hydrogens is 444 g/mol. The van der Waals surface area contributed by atoms with Crippen LogP contribution in [0.3, 0.4) is 0 Å². The van der Waals surface area contributed by atoms with Gasteiger partial charge in [-0.25, -0.2) is 4.99 Å². The van der Waals surface area contributed by atoms with E-state index in [0.717, 1.165) is 41.1 Å². The van der Waals surface area contributed by atoms with E-state index in [1.54, 1.807) is 31.8 Å². The summed E-state index contributed by atoms with van der Waals surface area (Å²) in [6.45, 7) is 6.90. The Bertz CT molecular complexity index is 1190. The smallest absolute Gasteiger partial charge is 0.259 e. The van der Waals surface area contributed by atoms with Gasteiger partial charge in [0.25, 0.3) is 5.91 Å². The number of amides is 1. The van der Waals surface area contributed by atoms with Crippen LogP contribution in [-0.2, 0) is 12.8 Å². The molecule has 0 saturated carbocycles. The van der Waals surface area contributed by atoms with Gasteiger partial charge in [-0.15, -0.1) is 11.3 Å². The lowest BCUT2D eigenvalue weighted by atomic mass is 9.72. The normalized spacial score (nSPS) is 15.7. The molecule has 1 atom stereocenters. The number of methoxy groups -OCH3 is 2. The Hall–Kier alpha value is -3.12. The van der Waals surface area contributed by atoms with E-state index in [-0.39, 0.29) is 11.3 Å². The number of para-hydroxylation sites is 1. The first-order valence-electron chi connectivity index (χ1n) is 11.6. The standard InChI is InChI=1S/C28H32N2O3S/c1-28(2,3)19-12-13-21-24(16-19)34-27(25(21)26(31)30-20-9-7-6-8-10-20)29-17-18-11-14-22(32-4)23(15-18)33-5/h6-11,14-15,17,19H,12-13,16H2,1-5H3,(H,30,31). The third-order valence-electron chi connectivity index (χ3n) is 6.47. The molecule has 4 rings (SSSR count). The highest BCUT2D eigenvalue weighted by atomic mass is 32.1. The minimum absolute atomic E-state index is 0.0997. The number of carbonyl (C=O) groups is 1. The highest BCUT2D eigenvalue weighted by molar-refractivity contribution is 7.16. The summed E-state index contributed by atoms with van der Waals surface area (Å²) in [6.07, 6.45) is 4.76. The molecule has 1 amide bonds. The van der Waals surface area contributed by atoms with Crippen molar-refractivity contribution in [1.29, 1.82) is 0 Å². The number of ether oxygens (including phenoxy) is 2. The van der Waals surface area contributed by atoms with Gasteiger partial charge in [0, 0.05) is 16.8 Å². The molecule has 1 aliphatic rings. The highest BCUT2D eigenvalue weighted by Gasteiger charge is 2.33. The minimum Gasteiger partial charge on any atom is -0.493 e. The SMILES string of the molecule is COc1ccc(C=Nc2sc3c(c2C(=O)Nc2ccccc2)CCC(C(C)(C)C)C3)cc1OC. The van der Waals surface area contributed by atoms with Gasteiger partial charge >= 0.3 is 0 Å². The van der Waals surface area contributed by atoms with Gasteiger partial charge in [-0.2, -0.15) is 0 Å². The number of hydrogen-bond acceptors (Lipinski definition) is 5. The van der Waals surface area contributed by atoms with Gasteiger partial charge in [-0.1, -0.05) is 39.0 Å². The second-order valence-corrected chi connectivity index (χ2v) is 10.8. The quantitative estimate of drug-likeness (QED) is 0.393. The van der Waals surface area contributed by atoms with Crippen molar-refractivity contribution in [3.8, 4) is 11.5 Å². The summed E-state index contributed by atoms with van der Waals surface area (Å²) in [5.74, 6) is 1.80. The zero-order chi connectivity index (χ0) is 24.3. The first-order chi connectivity index (χ1) is 16.3. The van der Waals surface area contributed by atoms with Gasteiger partial charge in [-0.3, -0.25) is 4.79 Å². The Kier molecular flexibility index (Phi) is 7.08. The molecule has 1 heterocycles. The molecule has 1 aliphatic carbocycles. The van der Waals surface area contributed by atoms with Gasteiger partial charge in [0.15, 0.2) is 11.5 Å². The number of hydrogen-bond donors (Lipinski definition) is 1. The van der Waals surface area contributed by atoms with E-state index in [2.05, 4.69) is 26.1 Å². The summed E-state index contributed by atoms with van der Waals surface area (Å²) in [7, 11) is 3.23. The van der Waals surface area contributed by atoms with Crippen LogP contribution in [0.15, 0.2) is 53.5 Å². The Morgan fingerprint density at radius 1 is 1.09 bits per heavy atom. The molecule has 2 aromatic carbocycles. The molecule has 1 aromatic heterocycles. The molecule has 6 heteroatoms. The summed E-state index contributed by atoms with van der Waals surface area (Å²) in [5.41, 5.74) is 3.75. The monoisotopic (exact) mass is 476 g/mol. The number of rotatable bonds is 6. The van der Waals surface area contributed by atoms with Crippen LogP contribution < -0.4 is 14.8 Å². The second kappa shape index (κ2) is 10.0. The maximum absolute atomic E-state index is 13.4. The van der Waals surface area contributed by atoms with Crippen LogP contribution in [0.5, 0.6) is 11.5 Å². The van der Waals surface area contributed by atoms with E-state index >= 15 is 0 Å². The number of thiophene rings is 1. The molecule has 0 radical (unpaired) electrons. The van der Waals surface area contributed by atoms with Gasteiger partial charge in [0.05, 0.1) is 19.8 Å². The van der Waals surface area contributed by atoms with E-state index in [1.807, 2.05) is 48.5 Å². The van der Waals surface area contributed by atoms with Crippen molar-refractivity contribution in [3.63, 3.8) is 0 Å². The van der Waals surface area contributed by atoms with Crippen LogP contribution in [-0.4, -0.2) is 26.3 Å². The van der Waals surface area contributed by atoms with Gasteiger partial charge < -0.3 is 14.8 Å². The van der Waals surface area contributed by atoms with Crippen molar-refractivity contribution >= 4 is 34.1 Å². The molecule has 0 bridgehead atoms. The van der Waals surface area contributed by atoms with Crippen LogP contribution in [0.2, 0.25) is 0 Å². The van der Waals surface area contributed by atoms with E-state index in [9.17, 15) is 4.79 Å². The molecule has 0 aliphatic heterocycles. The van der Waals surface area contributed by atoms with Crippen LogP contribution in [0.25, 0.3) is 0 Å². The summed E-state index contributed by atoms with van der Waals surface area (Å²) < 4.78 is 10.8. The van der Waals surface area contributed by atoms with E-state index in [0.29, 0.717) is 23.0 Å². The Balaban J connectivity index is 1.70. The first-order valence-corrected chi connectivity index (χ1v) is 12.4. The first kappa shape index (κ1) is 24.0. The number of nitrogens with zero attached hydrogens (tertiary/aromatic N) is 1. The highest BCUT2D eigenvalue weighted by Crippen LogP contribution is 2.45. The number of anilines is 1. The fourth-order valence-electron chi connectivity index (χ4n) is 4.42. The Labute approximate surface area is 205 Å². The third-order valence-corrected chi connectivity index (χ3v) is 7.63. The number of aliphatic imine (C=N–C) groups is 1. The van der Waals surface area contributed by atoms with Crippen molar-refractivity contribution in [2.75, 3.05) is 19.5 Å². The zero-order valence-corrected chi connectivity index (χ0v) is 21.3. The van der Waals surface area contributed by atoms with Gasteiger partial charge in [-0.05, 0) is 72.1 Å². The molecule has 34 heavy (non-hydrogen) atoms.